The van der Waals surface area contributed by atoms with Crippen LogP contribution in [0.15, 0.2) is 42.5 Å². The highest BCUT2D eigenvalue weighted by atomic mass is 16.5. The molecule has 0 heterocycles. The smallest absolute Gasteiger partial charge is 0.142 e. The predicted octanol–water partition coefficient (Wildman–Crippen LogP) is 4.18. The van der Waals surface area contributed by atoms with Crippen molar-refractivity contribution in [1.82, 2.24) is 0 Å². The minimum absolute atomic E-state index is 0.809. The zero-order valence-corrected chi connectivity index (χ0v) is 11.9. The third-order valence-corrected chi connectivity index (χ3v) is 3.27. The second kappa shape index (κ2) is 6.28. The second-order valence-corrected chi connectivity index (χ2v) is 4.73. The Bertz CT molecular complexity index is 531. The highest BCUT2D eigenvalue weighted by molar-refractivity contribution is 5.57. The summed E-state index contributed by atoms with van der Waals surface area (Å²) in [5.41, 5.74) is 4.89. The fourth-order valence-electron chi connectivity index (χ4n) is 2.03. The van der Waals surface area contributed by atoms with Crippen LogP contribution in [0.1, 0.15) is 23.6 Å². The number of hydrogen-bond acceptors (Lipinski definition) is 2. The van der Waals surface area contributed by atoms with Crippen LogP contribution in [0.5, 0.6) is 5.75 Å². The predicted molar refractivity (Wildman–Crippen MR) is 80.9 cm³/mol. The number of aryl methyl sites for hydroxylation is 2. The van der Waals surface area contributed by atoms with Gasteiger partial charge >= 0.3 is 0 Å². The highest BCUT2D eigenvalue weighted by Crippen LogP contribution is 2.25. The molecule has 0 fully saturated rings. The van der Waals surface area contributed by atoms with Crippen LogP contribution in [0.3, 0.4) is 0 Å². The monoisotopic (exact) mass is 255 g/mol. The van der Waals surface area contributed by atoms with Gasteiger partial charge in [0.05, 0.1) is 12.8 Å². The number of benzene rings is 2. The van der Waals surface area contributed by atoms with E-state index >= 15 is 0 Å². The molecule has 0 radical (unpaired) electrons. The third-order valence-electron chi connectivity index (χ3n) is 3.27. The van der Waals surface area contributed by atoms with Crippen LogP contribution >= 0.6 is 0 Å². The number of anilines is 1. The van der Waals surface area contributed by atoms with Gasteiger partial charge in [0.1, 0.15) is 5.75 Å². The normalized spacial score (nSPS) is 10.3. The molecule has 1 N–H and O–H groups in total. The Morgan fingerprint density at radius 1 is 1.00 bits per heavy atom. The van der Waals surface area contributed by atoms with Gasteiger partial charge in [-0.3, -0.25) is 0 Å². The standard InChI is InChI=1S/C17H21NO/c1-4-14-6-8-15(9-7-14)12-18-16-10-5-13(2)11-17(16)19-3/h5-11,18H,4,12H2,1-3H3. The lowest BCUT2D eigenvalue weighted by molar-refractivity contribution is 0.416. The molecule has 2 nitrogen and oxygen atoms in total. The van der Waals surface area contributed by atoms with E-state index < -0.39 is 0 Å². The molecule has 2 heteroatoms. The van der Waals surface area contributed by atoms with Gasteiger partial charge < -0.3 is 10.1 Å². The van der Waals surface area contributed by atoms with Crippen molar-refractivity contribution in [3.05, 3.63) is 59.2 Å². The molecule has 2 aromatic carbocycles. The SMILES string of the molecule is CCc1ccc(CNc2ccc(C)cc2OC)cc1. The lowest BCUT2D eigenvalue weighted by Gasteiger charge is -2.12. The van der Waals surface area contributed by atoms with Crippen molar-refractivity contribution in [2.75, 3.05) is 12.4 Å². The summed E-state index contributed by atoms with van der Waals surface area (Å²) in [6.45, 7) is 5.05. The Hall–Kier alpha value is -1.96. The molecule has 0 aromatic heterocycles. The van der Waals surface area contributed by atoms with Crippen LogP contribution in [0.25, 0.3) is 0 Å². The Balaban J connectivity index is 2.05. The van der Waals surface area contributed by atoms with Gasteiger partial charge in [-0.05, 0) is 42.2 Å². The van der Waals surface area contributed by atoms with Gasteiger partial charge in [0.25, 0.3) is 0 Å². The van der Waals surface area contributed by atoms with E-state index in [2.05, 4.69) is 55.6 Å². The number of ether oxygens (including phenoxy) is 1. The van der Waals surface area contributed by atoms with Crippen LogP contribution in [0, 0.1) is 6.92 Å². The lowest BCUT2D eigenvalue weighted by Crippen LogP contribution is -2.01. The van der Waals surface area contributed by atoms with E-state index in [1.54, 1.807) is 7.11 Å². The minimum atomic E-state index is 0.809. The Morgan fingerprint density at radius 3 is 2.32 bits per heavy atom. The number of methoxy groups -OCH3 is 1. The number of hydrogen-bond donors (Lipinski definition) is 1. The summed E-state index contributed by atoms with van der Waals surface area (Å²) in [4.78, 5) is 0. The first kappa shape index (κ1) is 13.5. The quantitative estimate of drug-likeness (QED) is 0.865. The Morgan fingerprint density at radius 2 is 1.68 bits per heavy atom. The molecule has 0 atom stereocenters. The van der Waals surface area contributed by atoms with E-state index in [0.717, 1.165) is 24.4 Å². The topological polar surface area (TPSA) is 21.3 Å². The first-order valence-corrected chi connectivity index (χ1v) is 6.69. The summed E-state index contributed by atoms with van der Waals surface area (Å²) in [6, 6.07) is 14.9. The molecule has 100 valence electrons. The highest BCUT2D eigenvalue weighted by Gasteiger charge is 2.02. The molecule has 0 saturated carbocycles. The van der Waals surface area contributed by atoms with E-state index in [1.807, 2.05) is 6.07 Å². The maximum atomic E-state index is 5.39. The van der Waals surface area contributed by atoms with Crippen molar-refractivity contribution in [2.45, 2.75) is 26.8 Å². The Kier molecular flexibility index (Phi) is 4.45. The van der Waals surface area contributed by atoms with Gasteiger partial charge in [-0.15, -0.1) is 0 Å². The summed E-state index contributed by atoms with van der Waals surface area (Å²) in [6.07, 6.45) is 1.08. The molecular weight excluding hydrogens is 234 g/mol. The fourth-order valence-corrected chi connectivity index (χ4v) is 2.03. The van der Waals surface area contributed by atoms with Crippen LogP contribution in [-0.2, 0) is 13.0 Å². The largest absolute Gasteiger partial charge is 0.495 e. The molecule has 2 aromatic rings. The van der Waals surface area contributed by atoms with Crippen molar-refractivity contribution >= 4 is 5.69 Å². The molecule has 0 bridgehead atoms. The number of nitrogens with one attached hydrogen (secondary N) is 1. The van der Waals surface area contributed by atoms with Gasteiger partial charge in [-0.1, -0.05) is 37.3 Å². The van der Waals surface area contributed by atoms with Crippen molar-refractivity contribution in [3.8, 4) is 5.75 Å². The van der Waals surface area contributed by atoms with E-state index in [4.69, 9.17) is 4.74 Å². The summed E-state index contributed by atoms with van der Waals surface area (Å²) in [5, 5.41) is 3.42. The van der Waals surface area contributed by atoms with E-state index in [-0.39, 0.29) is 0 Å². The van der Waals surface area contributed by atoms with E-state index in [1.165, 1.54) is 16.7 Å². The summed E-state index contributed by atoms with van der Waals surface area (Å²) in [5.74, 6) is 0.894. The molecule has 0 aliphatic carbocycles. The van der Waals surface area contributed by atoms with Crippen LogP contribution in [0.2, 0.25) is 0 Å². The Labute approximate surface area is 115 Å². The first-order valence-electron chi connectivity index (χ1n) is 6.69. The van der Waals surface area contributed by atoms with Crippen LogP contribution in [0.4, 0.5) is 5.69 Å². The molecule has 0 saturated heterocycles. The van der Waals surface area contributed by atoms with Crippen molar-refractivity contribution in [2.24, 2.45) is 0 Å². The van der Waals surface area contributed by atoms with E-state index in [9.17, 15) is 0 Å². The molecule has 2 rings (SSSR count). The molecule has 0 aliphatic rings. The zero-order chi connectivity index (χ0) is 13.7. The van der Waals surface area contributed by atoms with Crippen LogP contribution < -0.4 is 10.1 Å². The van der Waals surface area contributed by atoms with Gasteiger partial charge in [0.2, 0.25) is 0 Å². The van der Waals surface area contributed by atoms with E-state index in [0.29, 0.717) is 0 Å². The average Bonchev–Trinajstić information content (AvgIpc) is 2.46. The number of rotatable bonds is 5. The van der Waals surface area contributed by atoms with Gasteiger partial charge in [-0.2, -0.15) is 0 Å². The summed E-state index contributed by atoms with van der Waals surface area (Å²) >= 11 is 0. The summed E-state index contributed by atoms with van der Waals surface area (Å²) in [7, 11) is 1.70. The fraction of sp³-hybridized carbons (Fsp3) is 0.294. The zero-order valence-electron chi connectivity index (χ0n) is 11.9. The molecule has 0 aliphatic heterocycles. The van der Waals surface area contributed by atoms with Crippen molar-refractivity contribution in [1.29, 1.82) is 0 Å². The maximum Gasteiger partial charge on any atom is 0.142 e. The lowest BCUT2D eigenvalue weighted by atomic mass is 10.1. The maximum absolute atomic E-state index is 5.39. The molecule has 19 heavy (non-hydrogen) atoms. The van der Waals surface area contributed by atoms with Gasteiger partial charge in [0.15, 0.2) is 0 Å². The summed E-state index contributed by atoms with van der Waals surface area (Å²) < 4.78 is 5.39. The van der Waals surface area contributed by atoms with Gasteiger partial charge in [-0.25, -0.2) is 0 Å². The first-order chi connectivity index (χ1) is 9.22. The second-order valence-electron chi connectivity index (χ2n) is 4.73. The van der Waals surface area contributed by atoms with Gasteiger partial charge in [0, 0.05) is 6.54 Å². The minimum Gasteiger partial charge on any atom is -0.495 e. The molecule has 0 amide bonds. The average molecular weight is 255 g/mol. The van der Waals surface area contributed by atoms with Crippen molar-refractivity contribution in [3.63, 3.8) is 0 Å². The van der Waals surface area contributed by atoms with Crippen molar-refractivity contribution < 1.29 is 4.74 Å². The molecule has 0 spiro atoms. The third kappa shape index (κ3) is 3.50. The molecular formula is C17H21NO. The van der Waals surface area contributed by atoms with Crippen LogP contribution in [-0.4, -0.2) is 7.11 Å². The molecule has 0 unspecified atom stereocenters.